The van der Waals surface area contributed by atoms with Gasteiger partial charge < -0.3 is 5.41 Å². The molecule has 0 saturated heterocycles. The molecule has 0 amide bonds. The summed E-state index contributed by atoms with van der Waals surface area (Å²) in [6.45, 7) is 0.425. The Morgan fingerprint density at radius 2 is 1.48 bits per heavy atom. The predicted octanol–water partition coefficient (Wildman–Crippen LogP) is 7.97. The van der Waals surface area contributed by atoms with Gasteiger partial charge in [0.2, 0.25) is 0 Å². The molecular weight excluding hydrogens is 514 g/mol. The van der Waals surface area contributed by atoms with Gasteiger partial charge in [-0.05, 0) is 68.1 Å². The van der Waals surface area contributed by atoms with Gasteiger partial charge in [-0.15, -0.1) is 0 Å². The largest absolute Gasteiger partial charge is 0.300 e. The van der Waals surface area contributed by atoms with Crippen molar-refractivity contribution >= 4 is 39.5 Å². The van der Waals surface area contributed by atoms with Crippen molar-refractivity contribution in [1.29, 1.82) is 5.41 Å². The number of benzene rings is 4. The molecule has 0 bridgehead atoms. The van der Waals surface area contributed by atoms with Crippen LogP contribution < -0.4 is 5.84 Å². The van der Waals surface area contributed by atoms with Gasteiger partial charge in [0.05, 0.1) is 18.0 Å². The molecule has 5 heteroatoms. The molecule has 1 unspecified atom stereocenters. The van der Waals surface area contributed by atoms with Crippen molar-refractivity contribution in [3.8, 4) is 0 Å². The molecule has 3 N–H and O–H groups in total. The molecule has 5 aromatic rings. The van der Waals surface area contributed by atoms with Gasteiger partial charge in [0.15, 0.2) is 0 Å². The molecule has 204 valence electrons. The van der Waals surface area contributed by atoms with Gasteiger partial charge in [0.1, 0.15) is 6.17 Å². The normalized spacial score (nSPS) is 15.2. The topological polar surface area (TPSA) is 78.4 Å². The van der Waals surface area contributed by atoms with Crippen molar-refractivity contribution < 1.29 is 0 Å². The number of nitrogens with two attached hydrogens (primary N) is 1. The molecule has 1 aromatic heterocycles. The summed E-state index contributed by atoms with van der Waals surface area (Å²) in [7, 11) is 0. The fraction of sp³-hybridized carbons (Fsp3) is 0.0541. The lowest BCUT2D eigenvalue weighted by Crippen LogP contribution is -2.34. The minimum atomic E-state index is -0.401. The van der Waals surface area contributed by atoms with Crippen LogP contribution in [0, 0.1) is 5.41 Å². The van der Waals surface area contributed by atoms with Crippen LogP contribution in [0.4, 0.5) is 0 Å². The Hall–Kier alpha value is -5.23. The summed E-state index contributed by atoms with van der Waals surface area (Å²) >= 11 is 0. The summed E-state index contributed by atoms with van der Waals surface area (Å²) in [5.41, 5.74) is 5.23. The summed E-state index contributed by atoms with van der Waals surface area (Å²) in [6, 6.07) is 33.3. The Labute approximate surface area is 245 Å². The number of nitrogens with zero attached hydrogens (tertiary/aromatic N) is 3. The van der Waals surface area contributed by atoms with Gasteiger partial charge in [-0.3, -0.25) is 15.8 Å². The third kappa shape index (κ3) is 6.39. The van der Waals surface area contributed by atoms with Gasteiger partial charge >= 0.3 is 0 Å². The van der Waals surface area contributed by atoms with E-state index >= 15 is 0 Å². The molecule has 0 saturated carbocycles. The van der Waals surface area contributed by atoms with Crippen LogP contribution in [-0.4, -0.2) is 21.9 Å². The maximum atomic E-state index is 7.99. The van der Waals surface area contributed by atoms with E-state index in [1.807, 2.05) is 85.3 Å². The van der Waals surface area contributed by atoms with E-state index in [-0.39, 0.29) is 0 Å². The van der Waals surface area contributed by atoms with Crippen molar-refractivity contribution in [3.05, 3.63) is 168 Å². The first-order valence-electron chi connectivity index (χ1n) is 13.9. The van der Waals surface area contributed by atoms with Crippen LogP contribution in [0.1, 0.15) is 28.6 Å². The lowest BCUT2D eigenvalue weighted by Gasteiger charge is -2.25. The van der Waals surface area contributed by atoms with Gasteiger partial charge in [-0.2, -0.15) is 0 Å². The van der Waals surface area contributed by atoms with Gasteiger partial charge in [0.25, 0.3) is 0 Å². The number of hydrogen-bond acceptors (Lipinski definition) is 5. The molecular formula is C37H31N5. The number of nitrogens with one attached hydrogen (secondary N) is 1. The summed E-state index contributed by atoms with van der Waals surface area (Å²) in [6.07, 6.45) is 16.7. The first-order chi connectivity index (χ1) is 20.6. The SMILES string of the molecule is N=C1C=CC=C/C1=C/C=C/c1ccc(CN(N)C(/N=C/c2ccc3ccccc3c2)c2ccc3ccccc3c2)nc1. The van der Waals surface area contributed by atoms with Crippen LogP contribution in [0.3, 0.4) is 0 Å². The highest BCUT2D eigenvalue weighted by Gasteiger charge is 2.18. The Morgan fingerprint density at radius 1 is 0.786 bits per heavy atom. The number of rotatable bonds is 8. The monoisotopic (exact) mass is 545 g/mol. The summed E-state index contributed by atoms with van der Waals surface area (Å²) in [4.78, 5) is 9.65. The van der Waals surface area contributed by atoms with Gasteiger partial charge in [0, 0.05) is 12.4 Å². The smallest absolute Gasteiger partial charge is 0.140 e. The van der Waals surface area contributed by atoms with Crippen LogP contribution in [0.2, 0.25) is 0 Å². The fourth-order valence-electron chi connectivity index (χ4n) is 4.98. The van der Waals surface area contributed by atoms with E-state index in [2.05, 4.69) is 65.6 Å². The zero-order valence-electron chi connectivity index (χ0n) is 23.1. The first kappa shape index (κ1) is 27.0. The number of fused-ring (bicyclic) bond motifs is 2. The number of aromatic nitrogens is 1. The minimum Gasteiger partial charge on any atom is -0.300 e. The first-order valence-corrected chi connectivity index (χ1v) is 13.9. The average molecular weight is 546 g/mol. The van der Waals surface area contributed by atoms with E-state index in [1.165, 1.54) is 16.2 Å². The highest BCUT2D eigenvalue weighted by molar-refractivity contribution is 6.09. The lowest BCUT2D eigenvalue weighted by atomic mass is 10.0. The van der Waals surface area contributed by atoms with E-state index in [0.29, 0.717) is 12.3 Å². The molecule has 0 aliphatic heterocycles. The third-order valence-electron chi connectivity index (χ3n) is 7.24. The maximum Gasteiger partial charge on any atom is 0.140 e. The quantitative estimate of drug-likeness (QED) is 0.118. The molecule has 6 rings (SSSR count). The summed E-state index contributed by atoms with van der Waals surface area (Å²) < 4.78 is 0. The second-order valence-corrected chi connectivity index (χ2v) is 10.2. The molecule has 5 nitrogen and oxygen atoms in total. The molecule has 1 aliphatic carbocycles. The standard InChI is InChI=1S/C37H31N5/c38-36-15-6-5-11-31(36)14-7-8-27-17-21-35(40-24-27)26-42(39)37(34-20-19-30-10-2-4-13-33(30)23-34)41-25-28-16-18-29-9-1-3-12-32(29)22-28/h1-25,37-38H,26,39H2/b8-7+,31-14-,38-36?,41-25+. The van der Waals surface area contributed by atoms with Crippen LogP contribution >= 0.6 is 0 Å². The van der Waals surface area contributed by atoms with Gasteiger partial charge in [-0.25, -0.2) is 5.01 Å². The van der Waals surface area contributed by atoms with Gasteiger partial charge in [-0.1, -0.05) is 115 Å². The van der Waals surface area contributed by atoms with Crippen molar-refractivity contribution in [1.82, 2.24) is 9.99 Å². The molecule has 0 radical (unpaired) electrons. The zero-order chi connectivity index (χ0) is 28.7. The number of allylic oxidation sites excluding steroid dienone is 7. The van der Waals surface area contributed by atoms with Crippen LogP contribution in [0.25, 0.3) is 27.6 Å². The van der Waals surface area contributed by atoms with Crippen molar-refractivity contribution in [2.24, 2.45) is 10.8 Å². The second-order valence-electron chi connectivity index (χ2n) is 10.2. The van der Waals surface area contributed by atoms with E-state index < -0.39 is 6.17 Å². The van der Waals surface area contributed by atoms with Crippen molar-refractivity contribution in [2.45, 2.75) is 12.7 Å². The summed E-state index contributed by atoms with van der Waals surface area (Å²) in [5.74, 6) is 6.72. The average Bonchev–Trinajstić information content (AvgIpc) is 3.03. The Kier molecular flexibility index (Phi) is 8.04. The molecule has 0 spiro atoms. The Balaban J connectivity index is 1.23. The second kappa shape index (κ2) is 12.5. The lowest BCUT2D eigenvalue weighted by molar-refractivity contribution is 0.197. The number of hydrogen-bond donors (Lipinski definition) is 2. The fourth-order valence-corrected chi connectivity index (χ4v) is 4.98. The maximum absolute atomic E-state index is 7.99. The highest BCUT2D eigenvalue weighted by atomic mass is 15.5. The van der Waals surface area contributed by atoms with Crippen molar-refractivity contribution in [3.63, 3.8) is 0 Å². The number of aliphatic imine (C=N–C) groups is 1. The Bertz CT molecular complexity index is 1890. The third-order valence-corrected chi connectivity index (χ3v) is 7.24. The van der Waals surface area contributed by atoms with E-state index in [9.17, 15) is 0 Å². The van der Waals surface area contributed by atoms with Crippen LogP contribution in [-0.2, 0) is 6.54 Å². The zero-order valence-corrected chi connectivity index (χ0v) is 23.1. The van der Waals surface area contributed by atoms with E-state index in [1.54, 1.807) is 11.1 Å². The number of pyridine rings is 1. The summed E-state index contributed by atoms with van der Waals surface area (Å²) in [5, 5.41) is 14.4. The molecule has 4 aromatic carbocycles. The molecule has 1 heterocycles. The van der Waals surface area contributed by atoms with E-state index in [0.717, 1.165) is 33.3 Å². The van der Waals surface area contributed by atoms with Crippen LogP contribution in [0.15, 0.2) is 150 Å². The van der Waals surface area contributed by atoms with Crippen LogP contribution in [0.5, 0.6) is 0 Å². The molecule has 1 atom stereocenters. The number of hydrazine groups is 1. The molecule has 42 heavy (non-hydrogen) atoms. The minimum absolute atomic E-state index is 0.401. The van der Waals surface area contributed by atoms with E-state index in [4.69, 9.17) is 16.2 Å². The van der Waals surface area contributed by atoms with Crippen molar-refractivity contribution in [2.75, 3.05) is 0 Å². The predicted molar refractivity (Wildman–Crippen MR) is 175 cm³/mol. The molecule has 0 fully saturated rings. The highest BCUT2D eigenvalue weighted by Crippen LogP contribution is 2.26. The molecule has 1 aliphatic rings. The Morgan fingerprint density at radius 3 is 2.21 bits per heavy atom.